The molecule has 0 spiro atoms. The van der Waals surface area contributed by atoms with E-state index in [1.54, 1.807) is 12.1 Å². The summed E-state index contributed by atoms with van der Waals surface area (Å²) >= 11 is 0. The molecular weight excluding hydrogens is 226 g/mol. The van der Waals surface area contributed by atoms with Crippen molar-refractivity contribution >= 4 is 0 Å². The van der Waals surface area contributed by atoms with Crippen LogP contribution in [0.4, 0.5) is 8.78 Å². The van der Waals surface area contributed by atoms with Crippen LogP contribution in [-0.2, 0) is 6.54 Å². The van der Waals surface area contributed by atoms with Crippen molar-refractivity contribution in [1.82, 2.24) is 4.98 Å². The summed E-state index contributed by atoms with van der Waals surface area (Å²) in [6.45, 7) is 0.287. The number of benzene rings is 1. The van der Waals surface area contributed by atoms with Crippen LogP contribution in [0.3, 0.4) is 0 Å². The highest BCUT2D eigenvalue weighted by Crippen LogP contribution is 2.23. The van der Waals surface area contributed by atoms with Crippen molar-refractivity contribution in [1.29, 1.82) is 0 Å². The molecule has 0 aliphatic heterocycles. The lowest BCUT2D eigenvalue weighted by molar-refractivity contribution is 0.460. The maximum absolute atomic E-state index is 12.9. The molecule has 2 rings (SSSR count). The average Bonchev–Trinajstić information content (AvgIpc) is 2.34. The molecule has 0 amide bonds. The molecule has 88 valence electrons. The van der Waals surface area contributed by atoms with Gasteiger partial charge in [0.2, 0.25) is 0 Å². The van der Waals surface area contributed by atoms with Crippen LogP contribution in [0.25, 0.3) is 0 Å². The van der Waals surface area contributed by atoms with Gasteiger partial charge < -0.3 is 10.5 Å². The summed E-state index contributed by atoms with van der Waals surface area (Å²) in [4.78, 5) is 3.99. The Balaban J connectivity index is 2.22. The minimum Gasteiger partial charge on any atom is -0.457 e. The second-order valence-corrected chi connectivity index (χ2v) is 3.36. The van der Waals surface area contributed by atoms with E-state index in [-0.39, 0.29) is 12.3 Å². The molecule has 1 aromatic carbocycles. The second-order valence-electron chi connectivity index (χ2n) is 3.36. The lowest BCUT2D eigenvalue weighted by atomic mass is 10.3. The van der Waals surface area contributed by atoms with Gasteiger partial charge in [0, 0.05) is 24.9 Å². The first kappa shape index (κ1) is 11.5. The maximum Gasteiger partial charge on any atom is 0.162 e. The van der Waals surface area contributed by atoms with Gasteiger partial charge in [-0.1, -0.05) is 0 Å². The smallest absolute Gasteiger partial charge is 0.162 e. The summed E-state index contributed by atoms with van der Waals surface area (Å²) < 4.78 is 31.0. The second kappa shape index (κ2) is 4.88. The number of rotatable bonds is 3. The van der Waals surface area contributed by atoms with Gasteiger partial charge in [0.15, 0.2) is 11.6 Å². The van der Waals surface area contributed by atoms with Crippen molar-refractivity contribution in [2.75, 3.05) is 0 Å². The van der Waals surface area contributed by atoms with Gasteiger partial charge in [-0.05, 0) is 18.2 Å². The normalized spacial score (nSPS) is 10.3. The molecule has 3 nitrogen and oxygen atoms in total. The van der Waals surface area contributed by atoms with Crippen LogP contribution < -0.4 is 10.5 Å². The van der Waals surface area contributed by atoms with Gasteiger partial charge >= 0.3 is 0 Å². The first-order valence-corrected chi connectivity index (χ1v) is 4.97. The highest BCUT2D eigenvalue weighted by molar-refractivity contribution is 5.31. The number of pyridine rings is 1. The summed E-state index contributed by atoms with van der Waals surface area (Å²) in [6.07, 6.45) is 1.54. The van der Waals surface area contributed by atoms with E-state index in [4.69, 9.17) is 10.5 Å². The number of ether oxygens (including phenoxy) is 1. The van der Waals surface area contributed by atoms with Crippen LogP contribution in [0.15, 0.2) is 36.5 Å². The quantitative estimate of drug-likeness (QED) is 0.891. The first-order valence-electron chi connectivity index (χ1n) is 4.97. The summed E-state index contributed by atoms with van der Waals surface area (Å²) in [6, 6.07) is 6.59. The van der Waals surface area contributed by atoms with Crippen molar-refractivity contribution in [3.63, 3.8) is 0 Å². The molecule has 1 heterocycles. The Hall–Kier alpha value is -2.01. The number of nitrogens with two attached hydrogens (primary N) is 1. The van der Waals surface area contributed by atoms with Gasteiger partial charge in [-0.3, -0.25) is 4.98 Å². The summed E-state index contributed by atoms with van der Waals surface area (Å²) in [5, 5.41) is 0. The Morgan fingerprint density at radius 2 is 1.82 bits per heavy atom. The fourth-order valence-electron chi connectivity index (χ4n) is 1.31. The van der Waals surface area contributed by atoms with Gasteiger partial charge in [0.25, 0.3) is 0 Å². The van der Waals surface area contributed by atoms with Gasteiger partial charge in [-0.15, -0.1) is 0 Å². The van der Waals surface area contributed by atoms with E-state index in [1.807, 2.05) is 0 Å². The molecule has 17 heavy (non-hydrogen) atoms. The molecule has 2 aromatic rings. The standard InChI is InChI=1S/C12H10F2N2O/c13-11-2-1-9(6-12(11)14)17-10-3-4-16-8(5-10)7-15/h1-6H,7,15H2. The van der Waals surface area contributed by atoms with Gasteiger partial charge in [-0.25, -0.2) is 8.78 Å². The van der Waals surface area contributed by atoms with Crippen LogP contribution >= 0.6 is 0 Å². The number of hydrogen-bond acceptors (Lipinski definition) is 3. The SMILES string of the molecule is NCc1cc(Oc2ccc(F)c(F)c2)ccn1. The third-order valence-electron chi connectivity index (χ3n) is 2.12. The minimum atomic E-state index is -0.949. The Morgan fingerprint density at radius 1 is 1.06 bits per heavy atom. The third-order valence-corrected chi connectivity index (χ3v) is 2.12. The van der Waals surface area contributed by atoms with Crippen LogP contribution in [-0.4, -0.2) is 4.98 Å². The molecule has 5 heteroatoms. The Labute approximate surface area is 96.9 Å². The monoisotopic (exact) mass is 236 g/mol. The van der Waals surface area contributed by atoms with Crippen LogP contribution in [0.2, 0.25) is 0 Å². The molecule has 0 atom stereocenters. The van der Waals surface area contributed by atoms with Gasteiger partial charge in [-0.2, -0.15) is 0 Å². The number of halogens is 2. The first-order chi connectivity index (χ1) is 8.19. The predicted octanol–water partition coefficient (Wildman–Crippen LogP) is 2.61. The fourth-order valence-corrected chi connectivity index (χ4v) is 1.31. The van der Waals surface area contributed by atoms with E-state index < -0.39 is 11.6 Å². The highest BCUT2D eigenvalue weighted by Gasteiger charge is 2.04. The molecule has 0 bridgehead atoms. The molecule has 0 aliphatic carbocycles. The zero-order valence-electron chi connectivity index (χ0n) is 8.86. The largest absolute Gasteiger partial charge is 0.457 e. The predicted molar refractivity (Wildman–Crippen MR) is 58.6 cm³/mol. The van der Waals surface area contributed by atoms with Crippen molar-refractivity contribution < 1.29 is 13.5 Å². The minimum absolute atomic E-state index is 0.220. The third kappa shape index (κ3) is 2.76. The molecule has 0 fully saturated rings. The van der Waals surface area contributed by atoms with Crippen molar-refractivity contribution in [3.05, 3.63) is 53.9 Å². The van der Waals surface area contributed by atoms with E-state index in [0.717, 1.165) is 12.1 Å². The molecule has 0 saturated heterocycles. The molecule has 2 N–H and O–H groups in total. The molecule has 1 aromatic heterocycles. The molecular formula is C12H10F2N2O. The van der Waals surface area contributed by atoms with Gasteiger partial charge in [0.1, 0.15) is 11.5 Å². The van der Waals surface area contributed by atoms with E-state index in [1.165, 1.54) is 12.3 Å². The van der Waals surface area contributed by atoms with E-state index in [9.17, 15) is 8.78 Å². The fraction of sp³-hybridized carbons (Fsp3) is 0.0833. The topological polar surface area (TPSA) is 48.1 Å². The van der Waals surface area contributed by atoms with E-state index in [2.05, 4.69) is 4.98 Å². The number of nitrogens with zero attached hydrogens (tertiary/aromatic N) is 1. The molecule has 0 unspecified atom stereocenters. The van der Waals surface area contributed by atoms with E-state index >= 15 is 0 Å². The molecule has 0 saturated carbocycles. The van der Waals surface area contributed by atoms with E-state index in [0.29, 0.717) is 11.4 Å². The average molecular weight is 236 g/mol. The lowest BCUT2D eigenvalue weighted by Gasteiger charge is -2.06. The van der Waals surface area contributed by atoms with Crippen LogP contribution in [0.1, 0.15) is 5.69 Å². The maximum atomic E-state index is 12.9. The summed E-state index contributed by atoms with van der Waals surface area (Å²) in [5.74, 6) is -1.16. The molecule has 0 radical (unpaired) electrons. The van der Waals surface area contributed by atoms with Crippen molar-refractivity contribution in [3.8, 4) is 11.5 Å². The highest BCUT2D eigenvalue weighted by atomic mass is 19.2. The Morgan fingerprint density at radius 3 is 2.53 bits per heavy atom. The van der Waals surface area contributed by atoms with Crippen LogP contribution in [0.5, 0.6) is 11.5 Å². The zero-order valence-corrected chi connectivity index (χ0v) is 8.86. The summed E-state index contributed by atoms with van der Waals surface area (Å²) in [7, 11) is 0. The summed E-state index contributed by atoms with van der Waals surface area (Å²) in [5.41, 5.74) is 6.09. The molecule has 0 aliphatic rings. The van der Waals surface area contributed by atoms with Crippen molar-refractivity contribution in [2.24, 2.45) is 5.73 Å². The van der Waals surface area contributed by atoms with Gasteiger partial charge in [0.05, 0.1) is 5.69 Å². The number of hydrogen-bond donors (Lipinski definition) is 1. The van der Waals surface area contributed by atoms with Crippen LogP contribution in [0, 0.1) is 11.6 Å². The zero-order chi connectivity index (χ0) is 12.3. The lowest BCUT2D eigenvalue weighted by Crippen LogP contribution is -1.99. The Kier molecular flexibility index (Phi) is 3.30. The Bertz CT molecular complexity index is 532. The van der Waals surface area contributed by atoms with Crippen molar-refractivity contribution in [2.45, 2.75) is 6.54 Å². The number of aromatic nitrogens is 1.